The molecule has 1 aliphatic rings. The summed E-state index contributed by atoms with van der Waals surface area (Å²) in [5.74, 6) is -1.34. The zero-order valence-electron chi connectivity index (χ0n) is 11.0. The van der Waals surface area contributed by atoms with E-state index < -0.39 is 22.1 Å². The summed E-state index contributed by atoms with van der Waals surface area (Å²) < 4.78 is 62.5. The van der Waals surface area contributed by atoms with Crippen molar-refractivity contribution in [2.75, 3.05) is 32.4 Å². The highest BCUT2D eigenvalue weighted by atomic mass is 32.2. The van der Waals surface area contributed by atoms with Gasteiger partial charge >= 0.3 is 6.18 Å². The van der Waals surface area contributed by atoms with Gasteiger partial charge in [-0.15, -0.1) is 0 Å². The maximum atomic E-state index is 12.5. The smallest absolute Gasteiger partial charge is 0.320 e. The minimum atomic E-state index is -4.21. The molecular formula is C11H21F3N2O2S. The van der Waals surface area contributed by atoms with Crippen LogP contribution in [0.5, 0.6) is 0 Å². The Morgan fingerprint density at radius 3 is 2.26 bits per heavy atom. The Hall–Kier alpha value is -0.340. The molecule has 0 spiro atoms. The van der Waals surface area contributed by atoms with Crippen LogP contribution in [0.25, 0.3) is 0 Å². The van der Waals surface area contributed by atoms with Gasteiger partial charge in [0.25, 0.3) is 0 Å². The van der Waals surface area contributed by atoms with Gasteiger partial charge in [-0.3, -0.25) is 0 Å². The fourth-order valence-corrected chi connectivity index (χ4v) is 3.77. The van der Waals surface area contributed by atoms with Gasteiger partial charge < -0.3 is 5.32 Å². The van der Waals surface area contributed by atoms with E-state index in [1.165, 1.54) is 4.31 Å². The van der Waals surface area contributed by atoms with Crippen LogP contribution in [0, 0.1) is 5.92 Å². The summed E-state index contributed by atoms with van der Waals surface area (Å²) >= 11 is 0. The maximum absolute atomic E-state index is 12.5. The summed E-state index contributed by atoms with van der Waals surface area (Å²) in [6.07, 6.45) is -3.18. The lowest BCUT2D eigenvalue weighted by molar-refractivity contribution is -0.182. The Balaban J connectivity index is 2.41. The molecule has 1 N–H and O–H groups in total. The summed E-state index contributed by atoms with van der Waals surface area (Å²) in [6, 6.07) is 0. The minimum absolute atomic E-state index is 0.0153. The summed E-state index contributed by atoms with van der Waals surface area (Å²) in [7, 11) is -1.61. The van der Waals surface area contributed by atoms with Crippen LogP contribution in [0.3, 0.4) is 0 Å². The van der Waals surface area contributed by atoms with Crippen molar-refractivity contribution in [1.29, 1.82) is 0 Å². The fraction of sp³-hybridized carbons (Fsp3) is 1.00. The molecule has 0 aromatic heterocycles. The Kier molecular flexibility index (Phi) is 6.07. The van der Waals surface area contributed by atoms with Crippen LogP contribution in [0.4, 0.5) is 13.2 Å². The number of rotatable bonds is 6. The fourth-order valence-electron chi connectivity index (χ4n) is 2.18. The van der Waals surface area contributed by atoms with E-state index in [1.54, 1.807) is 7.05 Å². The lowest BCUT2D eigenvalue weighted by Gasteiger charge is -2.32. The third kappa shape index (κ3) is 5.27. The van der Waals surface area contributed by atoms with Gasteiger partial charge in [0.2, 0.25) is 10.0 Å². The zero-order valence-corrected chi connectivity index (χ0v) is 11.9. The summed E-state index contributed by atoms with van der Waals surface area (Å²) in [5, 5.41) is 2.92. The highest BCUT2D eigenvalue weighted by Crippen LogP contribution is 2.34. The van der Waals surface area contributed by atoms with Crippen molar-refractivity contribution in [1.82, 2.24) is 9.62 Å². The molecule has 1 rings (SSSR count). The largest absolute Gasteiger partial charge is 0.391 e. The van der Waals surface area contributed by atoms with Crippen molar-refractivity contribution in [2.45, 2.75) is 31.9 Å². The number of hydrogen-bond acceptors (Lipinski definition) is 3. The first-order chi connectivity index (χ1) is 8.77. The van der Waals surface area contributed by atoms with Crippen molar-refractivity contribution in [3.8, 4) is 0 Å². The zero-order chi connectivity index (χ0) is 14.5. The molecule has 0 aliphatic carbocycles. The van der Waals surface area contributed by atoms with Gasteiger partial charge in [0.05, 0.1) is 11.7 Å². The predicted octanol–water partition coefficient (Wildman–Crippen LogP) is 1.59. The number of unbranched alkanes of at least 4 members (excludes halogenated alkanes) is 1. The minimum Gasteiger partial charge on any atom is -0.320 e. The first kappa shape index (κ1) is 16.7. The van der Waals surface area contributed by atoms with Crippen LogP contribution in [0.15, 0.2) is 0 Å². The number of halogens is 3. The quantitative estimate of drug-likeness (QED) is 0.758. The van der Waals surface area contributed by atoms with E-state index in [1.807, 2.05) is 0 Å². The van der Waals surface area contributed by atoms with E-state index >= 15 is 0 Å². The second-order valence-electron chi connectivity index (χ2n) is 4.84. The number of nitrogens with one attached hydrogen (secondary N) is 1. The molecule has 8 heteroatoms. The molecule has 0 bridgehead atoms. The van der Waals surface area contributed by atoms with Crippen LogP contribution >= 0.6 is 0 Å². The third-order valence-electron chi connectivity index (χ3n) is 3.39. The summed E-state index contributed by atoms with van der Waals surface area (Å²) in [4.78, 5) is 0. The van der Waals surface area contributed by atoms with Crippen LogP contribution < -0.4 is 5.32 Å². The van der Waals surface area contributed by atoms with Gasteiger partial charge in [-0.2, -0.15) is 13.2 Å². The maximum Gasteiger partial charge on any atom is 0.391 e. The van der Waals surface area contributed by atoms with Crippen LogP contribution in [-0.4, -0.2) is 51.3 Å². The molecule has 1 saturated heterocycles. The van der Waals surface area contributed by atoms with Crippen LogP contribution in [-0.2, 0) is 10.0 Å². The molecule has 1 fully saturated rings. The van der Waals surface area contributed by atoms with Gasteiger partial charge in [0, 0.05) is 13.1 Å². The van der Waals surface area contributed by atoms with Gasteiger partial charge in [-0.1, -0.05) is 0 Å². The number of hydrogen-bond donors (Lipinski definition) is 1. The summed E-state index contributed by atoms with van der Waals surface area (Å²) in [6.45, 7) is 0.711. The highest BCUT2D eigenvalue weighted by Gasteiger charge is 2.42. The van der Waals surface area contributed by atoms with Crippen LogP contribution in [0.1, 0.15) is 25.7 Å². The SMILES string of the molecule is CNCCCCS(=O)(=O)N1CCC(C(F)(F)F)CC1. The monoisotopic (exact) mass is 302 g/mol. The topological polar surface area (TPSA) is 49.4 Å². The van der Waals surface area contributed by atoms with Crippen molar-refractivity contribution < 1.29 is 21.6 Å². The lowest BCUT2D eigenvalue weighted by Crippen LogP contribution is -2.43. The second-order valence-corrected chi connectivity index (χ2v) is 6.93. The van der Waals surface area contributed by atoms with Gasteiger partial charge in [-0.25, -0.2) is 12.7 Å². The van der Waals surface area contributed by atoms with Gasteiger partial charge in [0.1, 0.15) is 0 Å². The molecule has 4 nitrogen and oxygen atoms in total. The molecule has 1 heterocycles. The predicted molar refractivity (Wildman–Crippen MR) is 67.3 cm³/mol. The molecule has 0 unspecified atom stereocenters. The van der Waals surface area contributed by atoms with Crippen molar-refractivity contribution in [2.24, 2.45) is 5.92 Å². The van der Waals surface area contributed by atoms with E-state index in [2.05, 4.69) is 5.32 Å². The van der Waals surface area contributed by atoms with Crippen molar-refractivity contribution in [3.63, 3.8) is 0 Å². The number of alkyl halides is 3. The standard InChI is InChI=1S/C11H21F3N2O2S/c1-15-6-2-3-9-19(17,18)16-7-4-10(5-8-16)11(12,13)14/h10,15H,2-9H2,1H3. The first-order valence-electron chi connectivity index (χ1n) is 6.46. The van der Waals surface area contributed by atoms with Gasteiger partial charge in [0.15, 0.2) is 0 Å². The molecule has 0 saturated carbocycles. The average Bonchev–Trinajstić information content (AvgIpc) is 2.34. The molecule has 0 amide bonds. The van der Waals surface area contributed by atoms with Crippen molar-refractivity contribution in [3.05, 3.63) is 0 Å². The Bertz CT molecular complexity index is 363. The molecule has 0 radical (unpaired) electrons. The second kappa shape index (κ2) is 6.90. The van der Waals surface area contributed by atoms with Crippen molar-refractivity contribution >= 4 is 10.0 Å². The first-order valence-corrected chi connectivity index (χ1v) is 8.07. The number of sulfonamides is 1. The molecule has 114 valence electrons. The number of nitrogens with zero attached hydrogens (tertiary/aromatic N) is 1. The average molecular weight is 302 g/mol. The Labute approximate surface area is 112 Å². The molecular weight excluding hydrogens is 281 g/mol. The van der Waals surface area contributed by atoms with Gasteiger partial charge in [-0.05, 0) is 39.3 Å². The van der Waals surface area contributed by atoms with E-state index in [4.69, 9.17) is 0 Å². The van der Waals surface area contributed by atoms with E-state index in [9.17, 15) is 21.6 Å². The normalized spacial score (nSPS) is 19.8. The molecule has 0 atom stereocenters. The molecule has 1 aliphatic heterocycles. The third-order valence-corrected chi connectivity index (χ3v) is 5.35. The summed E-state index contributed by atoms with van der Waals surface area (Å²) in [5.41, 5.74) is 0. The molecule has 19 heavy (non-hydrogen) atoms. The Morgan fingerprint density at radius 2 is 1.79 bits per heavy atom. The van der Waals surface area contributed by atoms with E-state index in [-0.39, 0.29) is 31.7 Å². The molecule has 0 aromatic rings. The van der Waals surface area contributed by atoms with Crippen LogP contribution in [0.2, 0.25) is 0 Å². The Morgan fingerprint density at radius 1 is 1.21 bits per heavy atom. The number of piperidine rings is 1. The molecule has 0 aromatic carbocycles. The van der Waals surface area contributed by atoms with E-state index in [0.29, 0.717) is 6.42 Å². The highest BCUT2D eigenvalue weighted by molar-refractivity contribution is 7.89. The van der Waals surface area contributed by atoms with E-state index in [0.717, 1.165) is 13.0 Å². The lowest BCUT2D eigenvalue weighted by atomic mass is 9.98.